The van der Waals surface area contributed by atoms with Gasteiger partial charge in [0.2, 0.25) is 0 Å². The van der Waals surface area contributed by atoms with Crippen LogP contribution in [0.3, 0.4) is 0 Å². The van der Waals surface area contributed by atoms with Gasteiger partial charge in [0.25, 0.3) is 9.05 Å². The van der Waals surface area contributed by atoms with Crippen molar-refractivity contribution < 1.29 is 31.5 Å². The first kappa shape index (κ1) is 14.1. The first-order valence-electron chi connectivity index (χ1n) is 3.86. The minimum atomic E-state index is -4.40. The van der Waals surface area contributed by atoms with Crippen molar-refractivity contribution in [2.75, 3.05) is 7.11 Å². The van der Waals surface area contributed by atoms with Gasteiger partial charge in [-0.15, -0.1) is 11.3 Å². The van der Waals surface area contributed by atoms with Crippen molar-refractivity contribution in [1.29, 1.82) is 0 Å². The summed E-state index contributed by atoms with van der Waals surface area (Å²) in [5.74, 6) is -1.68. The summed E-state index contributed by atoms with van der Waals surface area (Å²) in [5.41, 5.74) is 0. The number of alkyl halides is 2. The molecule has 0 radical (unpaired) electrons. The number of esters is 1. The summed E-state index contributed by atoms with van der Waals surface area (Å²) >= 11 is 0.581. The summed E-state index contributed by atoms with van der Waals surface area (Å²) in [6.45, 7) is -3.23. The van der Waals surface area contributed by atoms with Crippen molar-refractivity contribution in [3.05, 3.63) is 10.3 Å². The molecule has 0 saturated heterocycles. The Morgan fingerprint density at radius 1 is 1.53 bits per heavy atom. The van der Waals surface area contributed by atoms with Gasteiger partial charge in [0.15, 0.2) is 5.75 Å². The first-order valence-corrected chi connectivity index (χ1v) is 7.05. The largest absolute Gasteiger partial charge is 0.465 e. The molecular formula is C7H5ClF2O5S2. The predicted octanol–water partition coefficient (Wildman–Crippen LogP) is 2.06. The van der Waals surface area contributed by atoms with E-state index >= 15 is 0 Å². The molecule has 0 aliphatic rings. The second kappa shape index (κ2) is 5.15. The monoisotopic (exact) mass is 306 g/mol. The third-order valence-corrected chi connectivity index (χ3v) is 3.97. The molecule has 0 N–H and O–H groups in total. The molecule has 1 rings (SSSR count). The summed E-state index contributed by atoms with van der Waals surface area (Å²) < 4.78 is 54.6. The third kappa shape index (κ3) is 3.27. The molecule has 96 valence electrons. The molecule has 5 nitrogen and oxygen atoms in total. The number of methoxy groups -OCH3 is 1. The number of carbonyl (C=O) groups is 1. The number of ether oxygens (including phenoxy) is 2. The van der Waals surface area contributed by atoms with Crippen molar-refractivity contribution >= 4 is 37.0 Å². The zero-order chi connectivity index (χ0) is 13.2. The molecule has 17 heavy (non-hydrogen) atoms. The lowest BCUT2D eigenvalue weighted by atomic mass is 10.4. The van der Waals surface area contributed by atoms with Crippen LogP contribution in [0.5, 0.6) is 5.75 Å². The molecule has 0 amide bonds. The molecule has 1 aromatic heterocycles. The van der Waals surface area contributed by atoms with E-state index in [9.17, 15) is 22.0 Å². The van der Waals surface area contributed by atoms with Gasteiger partial charge in [-0.1, -0.05) is 0 Å². The van der Waals surface area contributed by atoms with Crippen LogP contribution in [0, 0.1) is 0 Å². The number of carbonyl (C=O) groups excluding carboxylic acids is 1. The van der Waals surface area contributed by atoms with Gasteiger partial charge in [-0.25, -0.2) is 13.2 Å². The Kier molecular flexibility index (Phi) is 4.28. The van der Waals surface area contributed by atoms with Crippen molar-refractivity contribution in [2.45, 2.75) is 11.5 Å². The van der Waals surface area contributed by atoms with Crippen LogP contribution in [0.2, 0.25) is 0 Å². The van der Waals surface area contributed by atoms with Crippen LogP contribution in [0.25, 0.3) is 0 Å². The molecule has 0 saturated carbocycles. The standard InChI is InChI=1S/C7H5ClF2O5S2/c1-14-6(11)4-5(17(8,12)13)3(2-16-4)15-7(9)10/h2,7H,1H3. The van der Waals surface area contributed by atoms with E-state index in [-0.39, 0.29) is 0 Å². The number of hydrogen-bond donors (Lipinski definition) is 0. The quantitative estimate of drug-likeness (QED) is 0.629. The highest BCUT2D eigenvalue weighted by Crippen LogP contribution is 2.37. The Morgan fingerprint density at radius 3 is 2.53 bits per heavy atom. The van der Waals surface area contributed by atoms with Crippen LogP contribution in [0.15, 0.2) is 10.3 Å². The normalized spacial score (nSPS) is 11.6. The Bertz CT molecular complexity index is 524. The Morgan fingerprint density at radius 2 is 2.12 bits per heavy atom. The highest BCUT2D eigenvalue weighted by Gasteiger charge is 2.30. The van der Waals surface area contributed by atoms with E-state index < -0.39 is 37.2 Å². The average molecular weight is 307 g/mol. The van der Waals surface area contributed by atoms with Gasteiger partial charge in [0, 0.05) is 16.1 Å². The van der Waals surface area contributed by atoms with Crippen LogP contribution in [-0.2, 0) is 13.8 Å². The summed E-state index contributed by atoms with van der Waals surface area (Å²) in [4.78, 5) is 9.97. The Hall–Kier alpha value is -0.930. The molecule has 0 bridgehead atoms. The van der Waals surface area contributed by atoms with Crippen molar-refractivity contribution in [3.63, 3.8) is 0 Å². The van der Waals surface area contributed by atoms with Crippen molar-refractivity contribution in [2.24, 2.45) is 0 Å². The van der Waals surface area contributed by atoms with Gasteiger partial charge in [0.1, 0.15) is 9.77 Å². The number of thiophene rings is 1. The maximum atomic E-state index is 12.0. The van der Waals surface area contributed by atoms with Crippen LogP contribution < -0.4 is 4.74 Å². The maximum Gasteiger partial charge on any atom is 0.387 e. The van der Waals surface area contributed by atoms with Crippen LogP contribution in [-0.4, -0.2) is 28.1 Å². The molecule has 0 fully saturated rings. The van der Waals surface area contributed by atoms with Gasteiger partial charge >= 0.3 is 12.6 Å². The molecule has 10 heteroatoms. The fourth-order valence-corrected chi connectivity index (χ4v) is 3.56. The van der Waals surface area contributed by atoms with E-state index in [1.54, 1.807) is 0 Å². The molecule has 1 heterocycles. The predicted molar refractivity (Wildman–Crippen MR) is 55.3 cm³/mol. The molecule has 0 aliphatic heterocycles. The number of halogens is 3. The number of hydrogen-bond acceptors (Lipinski definition) is 6. The van der Waals surface area contributed by atoms with Gasteiger partial charge < -0.3 is 9.47 Å². The highest BCUT2D eigenvalue weighted by atomic mass is 35.7. The average Bonchev–Trinajstić information content (AvgIpc) is 2.58. The first-order chi connectivity index (χ1) is 7.77. The van der Waals surface area contributed by atoms with Gasteiger partial charge in [-0.2, -0.15) is 8.78 Å². The van der Waals surface area contributed by atoms with E-state index in [1.165, 1.54) is 0 Å². The van der Waals surface area contributed by atoms with Crippen molar-refractivity contribution in [3.8, 4) is 5.75 Å². The topological polar surface area (TPSA) is 69.7 Å². The zero-order valence-electron chi connectivity index (χ0n) is 8.15. The van der Waals surface area contributed by atoms with Gasteiger partial charge in [0.05, 0.1) is 7.11 Å². The molecular weight excluding hydrogens is 302 g/mol. The minimum Gasteiger partial charge on any atom is -0.465 e. The summed E-state index contributed by atoms with van der Waals surface area (Å²) in [6, 6.07) is 0. The summed E-state index contributed by atoms with van der Waals surface area (Å²) in [7, 11) is 1.66. The van der Waals surface area contributed by atoms with Crippen molar-refractivity contribution in [1.82, 2.24) is 0 Å². The second-order valence-electron chi connectivity index (χ2n) is 2.57. The molecule has 0 spiro atoms. The summed E-state index contributed by atoms with van der Waals surface area (Å²) in [5, 5.41) is 0.938. The van der Waals surface area contributed by atoms with Crippen LogP contribution in [0.1, 0.15) is 9.67 Å². The fraction of sp³-hybridized carbons (Fsp3) is 0.286. The molecule has 0 aromatic carbocycles. The highest BCUT2D eigenvalue weighted by molar-refractivity contribution is 8.14. The van der Waals surface area contributed by atoms with E-state index in [1.807, 2.05) is 0 Å². The van der Waals surface area contributed by atoms with Crippen LogP contribution >= 0.6 is 22.0 Å². The molecule has 0 atom stereocenters. The maximum absolute atomic E-state index is 12.0. The lowest BCUT2D eigenvalue weighted by Crippen LogP contribution is -2.08. The molecule has 1 aromatic rings. The zero-order valence-corrected chi connectivity index (χ0v) is 10.5. The minimum absolute atomic E-state index is 0.418. The van der Waals surface area contributed by atoms with Crippen LogP contribution in [0.4, 0.5) is 8.78 Å². The van der Waals surface area contributed by atoms with Gasteiger partial charge in [-0.3, -0.25) is 0 Å². The Balaban J connectivity index is 3.36. The van der Waals surface area contributed by atoms with E-state index in [0.717, 1.165) is 12.5 Å². The molecule has 0 aliphatic carbocycles. The van der Waals surface area contributed by atoms with Gasteiger partial charge in [-0.05, 0) is 0 Å². The smallest absolute Gasteiger partial charge is 0.387 e. The lowest BCUT2D eigenvalue weighted by Gasteiger charge is -2.04. The third-order valence-electron chi connectivity index (χ3n) is 1.54. The van der Waals surface area contributed by atoms with E-state index in [4.69, 9.17) is 10.7 Å². The molecule has 0 unspecified atom stereocenters. The fourth-order valence-electron chi connectivity index (χ4n) is 0.973. The lowest BCUT2D eigenvalue weighted by molar-refractivity contribution is -0.0514. The second-order valence-corrected chi connectivity index (χ2v) is 5.95. The number of rotatable bonds is 4. The Labute approximate surface area is 103 Å². The SMILES string of the molecule is COC(=O)c1scc(OC(F)F)c1S(=O)(=O)Cl. The summed E-state index contributed by atoms with van der Waals surface area (Å²) in [6.07, 6.45) is 0. The van der Waals surface area contributed by atoms with E-state index in [0.29, 0.717) is 11.3 Å². The van der Waals surface area contributed by atoms with E-state index in [2.05, 4.69) is 9.47 Å².